The SMILES string of the molecule is CC1CCC(NC(=O)Nc2cccc(C(=O)Nc3cccc(C#N)c3)c2)C(C)N1. The van der Waals surface area contributed by atoms with Crippen molar-refractivity contribution in [2.24, 2.45) is 0 Å². The van der Waals surface area contributed by atoms with E-state index in [1.165, 1.54) is 0 Å². The maximum Gasteiger partial charge on any atom is 0.319 e. The molecule has 0 aromatic heterocycles. The Labute approximate surface area is 170 Å². The second-order valence-electron chi connectivity index (χ2n) is 7.37. The minimum atomic E-state index is -0.316. The Bertz CT molecular complexity index is 937. The van der Waals surface area contributed by atoms with Gasteiger partial charge in [0.05, 0.1) is 11.6 Å². The monoisotopic (exact) mass is 391 g/mol. The second kappa shape index (κ2) is 9.22. The first kappa shape index (κ1) is 20.4. The standard InChI is InChI=1S/C22H25N5O2/c1-14-9-10-20(15(2)24-14)27-22(29)26-19-8-4-6-17(12-19)21(28)25-18-7-3-5-16(11-18)13-23/h3-8,11-12,14-15,20,24H,9-10H2,1-2H3,(H,25,28)(H2,26,27,29). The average molecular weight is 391 g/mol. The molecule has 3 atom stereocenters. The van der Waals surface area contributed by atoms with E-state index in [2.05, 4.69) is 35.1 Å². The number of piperidine rings is 1. The minimum Gasteiger partial charge on any atom is -0.334 e. The van der Waals surface area contributed by atoms with Gasteiger partial charge in [-0.15, -0.1) is 0 Å². The summed E-state index contributed by atoms with van der Waals surface area (Å²) in [5, 5.41) is 21.0. The lowest BCUT2D eigenvalue weighted by atomic mass is 9.95. The van der Waals surface area contributed by atoms with Crippen LogP contribution in [-0.4, -0.2) is 30.1 Å². The van der Waals surface area contributed by atoms with Gasteiger partial charge in [0.25, 0.3) is 5.91 Å². The first-order valence-corrected chi connectivity index (χ1v) is 9.70. The molecule has 1 aliphatic heterocycles. The molecule has 1 aliphatic rings. The summed E-state index contributed by atoms with van der Waals surface area (Å²) in [4.78, 5) is 24.9. The molecule has 3 unspecified atom stereocenters. The molecule has 0 spiro atoms. The van der Waals surface area contributed by atoms with Crippen LogP contribution in [0.3, 0.4) is 0 Å². The average Bonchev–Trinajstić information content (AvgIpc) is 2.70. The molecule has 0 saturated carbocycles. The first-order chi connectivity index (χ1) is 13.9. The zero-order valence-corrected chi connectivity index (χ0v) is 16.5. The summed E-state index contributed by atoms with van der Waals surface area (Å²) >= 11 is 0. The fraction of sp³-hybridized carbons (Fsp3) is 0.318. The van der Waals surface area contributed by atoms with Crippen LogP contribution in [0, 0.1) is 11.3 Å². The van der Waals surface area contributed by atoms with Crippen LogP contribution in [0.25, 0.3) is 0 Å². The fourth-order valence-electron chi connectivity index (χ4n) is 3.47. The molecule has 1 heterocycles. The number of carbonyl (C=O) groups excluding carboxylic acids is 2. The predicted octanol–water partition coefficient (Wildman–Crippen LogP) is 3.46. The molecule has 150 valence electrons. The Balaban J connectivity index is 1.60. The van der Waals surface area contributed by atoms with E-state index < -0.39 is 0 Å². The van der Waals surface area contributed by atoms with Gasteiger partial charge in [-0.05, 0) is 63.1 Å². The highest BCUT2D eigenvalue weighted by atomic mass is 16.2. The van der Waals surface area contributed by atoms with Crippen LogP contribution in [0.4, 0.5) is 16.2 Å². The van der Waals surface area contributed by atoms with Crippen molar-refractivity contribution < 1.29 is 9.59 Å². The number of anilines is 2. The number of carbonyl (C=O) groups is 2. The van der Waals surface area contributed by atoms with E-state index in [0.717, 1.165) is 12.8 Å². The Hall–Kier alpha value is -3.37. The summed E-state index contributed by atoms with van der Waals surface area (Å²) in [5.41, 5.74) is 1.95. The zero-order chi connectivity index (χ0) is 20.8. The second-order valence-corrected chi connectivity index (χ2v) is 7.37. The van der Waals surface area contributed by atoms with Gasteiger partial charge in [0.2, 0.25) is 0 Å². The molecule has 4 N–H and O–H groups in total. The van der Waals surface area contributed by atoms with Gasteiger partial charge in [-0.25, -0.2) is 4.79 Å². The number of hydrogen-bond donors (Lipinski definition) is 4. The summed E-state index contributed by atoms with van der Waals surface area (Å²) in [5.74, 6) is -0.316. The van der Waals surface area contributed by atoms with E-state index in [-0.39, 0.29) is 24.0 Å². The van der Waals surface area contributed by atoms with Crippen molar-refractivity contribution in [3.05, 3.63) is 59.7 Å². The molecule has 29 heavy (non-hydrogen) atoms. The number of benzene rings is 2. The van der Waals surface area contributed by atoms with Crippen molar-refractivity contribution in [3.63, 3.8) is 0 Å². The van der Waals surface area contributed by atoms with Crippen LogP contribution < -0.4 is 21.3 Å². The molecule has 2 aromatic carbocycles. The molecule has 3 amide bonds. The molecule has 0 radical (unpaired) electrons. The van der Waals surface area contributed by atoms with Gasteiger partial charge in [0, 0.05) is 35.1 Å². The van der Waals surface area contributed by atoms with Gasteiger partial charge < -0.3 is 21.3 Å². The number of amides is 3. The summed E-state index contributed by atoms with van der Waals surface area (Å²) in [7, 11) is 0. The van der Waals surface area contributed by atoms with Crippen LogP contribution in [0.5, 0.6) is 0 Å². The molecule has 2 aromatic rings. The van der Waals surface area contributed by atoms with Crippen LogP contribution in [0.2, 0.25) is 0 Å². The summed E-state index contributed by atoms with van der Waals surface area (Å²) in [6.45, 7) is 4.20. The maximum absolute atomic E-state index is 12.5. The van der Waals surface area contributed by atoms with Gasteiger partial charge in [0.15, 0.2) is 0 Å². The van der Waals surface area contributed by atoms with Crippen molar-refractivity contribution >= 4 is 23.3 Å². The number of urea groups is 1. The lowest BCUT2D eigenvalue weighted by molar-refractivity contribution is 0.102. The first-order valence-electron chi connectivity index (χ1n) is 9.70. The van der Waals surface area contributed by atoms with Crippen molar-refractivity contribution in [2.45, 2.75) is 44.8 Å². The molecule has 7 nitrogen and oxygen atoms in total. The third-order valence-electron chi connectivity index (χ3n) is 5.01. The smallest absolute Gasteiger partial charge is 0.319 e. The highest BCUT2D eigenvalue weighted by molar-refractivity contribution is 6.05. The number of nitrogens with one attached hydrogen (secondary N) is 4. The van der Waals surface area contributed by atoms with Gasteiger partial charge in [-0.3, -0.25) is 4.79 Å². The molecule has 0 aliphatic carbocycles. The van der Waals surface area contributed by atoms with E-state index in [1.54, 1.807) is 48.5 Å². The van der Waals surface area contributed by atoms with Crippen molar-refractivity contribution in [1.82, 2.24) is 10.6 Å². The fourth-order valence-corrected chi connectivity index (χ4v) is 3.47. The number of nitriles is 1. The minimum absolute atomic E-state index is 0.0603. The van der Waals surface area contributed by atoms with Gasteiger partial charge in [-0.2, -0.15) is 5.26 Å². The number of hydrogen-bond acceptors (Lipinski definition) is 4. The highest BCUT2D eigenvalue weighted by Crippen LogP contribution is 2.16. The maximum atomic E-state index is 12.5. The topological polar surface area (TPSA) is 106 Å². The quantitative estimate of drug-likeness (QED) is 0.640. The Morgan fingerprint density at radius 3 is 2.48 bits per heavy atom. The number of rotatable bonds is 4. The molecule has 3 rings (SSSR count). The summed E-state index contributed by atoms with van der Waals surface area (Å²) < 4.78 is 0. The molecular weight excluding hydrogens is 366 g/mol. The Morgan fingerprint density at radius 1 is 1.03 bits per heavy atom. The van der Waals surface area contributed by atoms with Crippen LogP contribution >= 0.6 is 0 Å². The summed E-state index contributed by atoms with van der Waals surface area (Å²) in [6, 6.07) is 15.9. The summed E-state index contributed by atoms with van der Waals surface area (Å²) in [6.07, 6.45) is 1.94. The lowest BCUT2D eigenvalue weighted by Crippen LogP contribution is -2.55. The molecule has 0 bridgehead atoms. The van der Waals surface area contributed by atoms with Crippen LogP contribution in [-0.2, 0) is 0 Å². The van der Waals surface area contributed by atoms with E-state index in [9.17, 15) is 9.59 Å². The third-order valence-corrected chi connectivity index (χ3v) is 5.01. The van der Waals surface area contributed by atoms with E-state index >= 15 is 0 Å². The molecule has 7 heteroatoms. The highest BCUT2D eigenvalue weighted by Gasteiger charge is 2.25. The van der Waals surface area contributed by atoms with E-state index in [4.69, 9.17) is 5.26 Å². The normalized spacial score (nSPS) is 20.9. The van der Waals surface area contributed by atoms with Gasteiger partial charge in [-0.1, -0.05) is 12.1 Å². The lowest BCUT2D eigenvalue weighted by Gasteiger charge is -2.34. The zero-order valence-electron chi connectivity index (χ0n) is 16.5. The van der Waals surface area contributed by atoms with Crippen molar-refractivity contribution in [1.29, 1.82) is 5.26 Å². The van der Waals surface area contributed by atoms with Crippen LogP contribution in [0.15, 0.2) is 48.5 Å². The van der Waals surface area contributed by atoms with E-state index in [1.807, 2.05) is 6.07 Å². The Kier molecular flexibility index (Phi) is 6.47. The molecule has 1 saturated heterocycles. The number of nitrogens with zero attached hydrogens (tertiary/aromatic N) is 1. The van der Waals surface area contributed by atoms with E-state index in [0.29, 0.717) is 28.5 Å². The van der Waals surface area contributed by atoms with Gasteiger partial charge >= 0.3 is 6.03 Å². The van der Waals surface area contributed by atoms with Crippen molar-refractivity contribution in [3.8, 4) is 6.07 Å². The van der Waals surface area contributed by atoms with Gasteiger partial charge in [0.1, 0.15) is 0 Å². The van der Waals surface area contributed by atoms with Crippen LogP contribution in [0.1, 0.15) is 42.6 Å². The molecular formula is C22H25N5O2. The molecule has 1 fully saturated rings. The largest absolute Gasteiger partial charge is 0.334 e. The third kappa shape index (κ3) is 5.56. The predicted molar refractivity (Wildman–Crippen MR) is 113 cm³/mol. The Morgan fingerprint density at radius 2 is 1.76 bits per heavy atom. The van der Waals surface area contributed by atoms with Crippen molar-refractivity contribution in [2.75, 3.05) is 10.6 Å².